The Bertz CT molecular complexity index is 269. The van der Waals surface area contributed by atoms with Gasteiger partial charge in [-0.2, -0.15) is 0 Å². The summed E-state index contributed by atoms with van der Waals surface area (Å²) in [7, 11) is 0. The van der Waals surface area contributed by atoms with Crippen LogP contribution in [0, 0.1) is 17.8 Å². The molecule has 1 aliphatic heterocycles. The molecule has 1 saturated heterocycles. The molecule has 2 heteroatoms. The van der Waals surface area contributed by atoms with Crippen molar-refractivity contribution in [1.82, 2.24) is 10.2 Å². The van der Waals surface area contributed by atoms with Crippen molar-refractivity contribution in [2.45, 2.75) is 78.3 Å². The third kappa shape index (κ3) is 4.21. The Morgan fingerprint density at radius 1 is 0.950 bits per heavy atom. The van der Waals surface area contributed by atoms with Crippen LogP contribution in [0.25, 0.3) is 0 Å². The number of hydrogen-bond acceptors (Lipinski definition) is 2. The van der Waals surface area contributed by atoms with E-state index in [9.17, 15) is 0 Å². The predicted octanol–water partition coefficient (Wildman–Crippen LogP) is 3.91. The lowest BCUT2D eigenvalue weighted by Gasteiger charge is -2.45. The van der Waals surface area contributed by atoms with Crippen LogP contribution < -0.4 is 5.32 Å². The lowest BCUT2D eigenvalue weighted by Crippen LogP contribution is -2.50. The summed E-state index contributed by atoms with van der Waals surface area (Å²) < 4.78 is 0. The van der Waals surface area contributed by atoms with Crippen molar-refractivity contribution in [3.05, 3.63) is 0 Å². The Balaban J connectivity index is 2.01. The molecule has 0 spiro atoms. The molecule has 2 rings (SSSR count). The fourth-order valence-corrected chi connectivity index (χ4v) is 4.42. The van der Waals surface area contributed by atoms with Crippen LogP contribution in [0.2, 0.25) is 0 Å². The third-order valence-corrected chi connectivity index (χ3v) is 5.65. The van der Waals surface area contributed by atoms with E-state index in [1.54, 1.807) is 0 Å². The van der Waals surface area contributed by atoms with Crippen molar-refractivity contribution in [3.63, 3.8) is 0 Å². The van der Waals surface area contributed by atoms with Gasteiger partial charge in [-0.15, -0.1) is 0 Å². The smallest absolute Gasteiger partial charge is 0.0129 e. The average molecular weight is 280 g/mol. The van der Waals surface area contributed by atoms with Gasteiger partial charge >= 0.3 is 0 Å². The van der Waals surface area contributed by atoms with E-state index in [-0.39, 0.29) is 0 Å². The molecule has 0 aromatic carbocycles. The summed E-state index contributed by atoms with van der Waals surface area (Å²) in [5.41, 5.74) is 0. The van der Waals surface area contributed by atoms with Gasteiger partial charge in [-0.1, -0.05) is 26.7 Å². The fraction of sp³-hybridized carbons (Fsp3) is 1.00. The maximum atomic E-state index is 3.51. The van der Waals surface area contributed by atoms with Crippen molar-refractivity contribution in [1.29, 1.82) is 0 Å². The van der Waals surface area contributed by atoms with Crippen LogP contribution in [0.3, 0.4) is 0 Å². The molecule has 118 valence electrons. The summed E-state index contributed by atoms with van der Waals surface area (Å²) in [5.74, 6) is 2.69. The molecule has 2 atom stereocenters. The first-order valence-electron chi connectivity index (χ1n) is 9.06. The van der Waals surface area contributed by atoms with E-state index in [2.05, 4.69) is 37.9 Å². The average Bonchev–Trinajstić information content (AvgIpc) is 2.45. The highest BCUT2D eigenvalue weighted by Gasteiger charge is 2.34. The minimum Gasteiger partial charge on any atom is -0.317 e. The van der Waals surface area contributed by atoms with E-state index < -0.39 is 0 Å². The monoisotopic (exact) mass is 280 g/mol. The van der Waals surface area contributed by atoms with Crippen LogP contribution in [-0.2, 0) is 0 Å². The first-order valence-corrected chi connectivity index (χ1v) is 9.06. The molecule has 0 aromatic heterocycles. The molecule has 2 fully saturated rings. The van der Waals surface area contributed by atoms with E-state index in [4.69, 9.17) is 0 Å². The molecule has 2 nitrogen and oxygen atoms in total. The topological polar surface area (TPSA) is 15.3 Å². The second kappa shape index (κ2) is 7.79. The summed E-state index contributed by atoms with van der Waals surface area (Å²) in [5, 5.41) is 3.51. The highest BCUT2D eigenvalue weighted by molar-refractivity contribution is 4.88. The zero-order valence-corrected chi connectivity index (χ0v) is 14.2. The van der Waals surface area contributed by atoms with E-state index in [0.29, 0.717) is 6.04 Å². The number of hydrogen-bond donors (Lipinski definition) is 1. The Kier molecular flexibility index (Phi) is 6.35. The molecule has 0 bridgehead atoms. The first kappa shape index (κ1) is 16.3. The molecule has 1 N–H and O–H groups in total. The van der Waals surface area contributed by atoms with Crippen LogP contribution in [-0.4, -0.2) is 36.6 Å². The van der Waals surface area contributed by atoms with Crippen LogP contribution >= 0.6 is 0 Å². The van der Waals surface area contributed by atoms with Crippen molar-refractivity contribution in [2.24, 2.45) is 17.8 Å². The van der Waals surface area contributed by atoms with Gasteiger partial charge in [0.1, 0.15) is 0 Å². The zero-order chi connectivity index (χ0) is 14.5. The Morgan fingerprint density at radius 2 is 1.60 bits per heavy atom. The van der Waals surface area contributed by atoms with E-state index in [0.717, 1.165) is 23.8 Å². The maximum absolute atomic E-state index is 3.51. The van der Waals surface area contributed by atoms with Gasteiger partial charge in [0.25, 0.3) is 0 Å². The SMILES string of the molecule is CC(C)C1CCCCC1N(CC1CCNCC1)C(C)C. The Hall–Kier alpha value is -0.0800. The van der Waals surface area contributed by atoms with Gasteiger partial charge in [0.05, 0.1) is 0 Å². The highest BCUT2D eigenvalue weighted by atomic mass is 15.2. The van der Waals surface area contributed by atoms with Gasteiger partial charge in [0, 0.05) is 18.6 Å². The molecular formula is C18H36N2. The third-order valence-electron chi connectivity index (χ3n) is 5.65. The molecule has 20 heavy (non-hydrogen) atoms. The summed E-state index contributed by atoms with van der Waals surface area (Å²) in [6.07, 6.45) is 8.55. The first-order chi connectivity index (χ1) is 9.59. The van der Waals surface area contributed by atoms with Gasteiger partial charge in [-0.3, -0.25) is 4.90 Å². The quantitative estimate of drug-likeness (QED) is 0.821. The van der Waals surface area contributed by atoms with Crippen molar-refractivity contribution >= 4 is 0 Å². The second-order valence-electron chi connectivity index (χ2n) is 7.74. The van der Waals surface area contributed by atoms with Gasteiger partial charge < -0.3 is 5.32 Å². The van der Waals surface area contributed by atoms with E-state index >= 15 is 0 Å². The molecule has 1 saturated carbocycles. The largest absolute Gasteiger partial charge is 0.317 e. The lowest BCUT2D eigenvalue weighted by molar-refractivity contribution is 0.0377. The van der Waals surface area contributed by atoms with Crippen molar-refractivity contribution in [2.75, 3.05) is 19.6 Å². The van der Waals surface area contributed by atoms with Gasteiger partial charge in [-0.05, 0) is 70.4 Å². The number of piperidine rings is 1. The van der Waals surface area contributed by atoms with E-state index in [1.165, 1.54) is 58.2 Å². The van der Waals surface area contributed by atoms with Crippen LogP contribution in [0.4, 0.5) is 0 Å². The Morgan fingerprint density at radius 3 is 2.20 bits per heavy atom. The van der Waals surface area contributed by atoms with Crippen LogP contribution in [0.5, 0.6) is 0 Å². The van der Waals surface area contributed by atoms with Gasteiger partial charge in [-0.25, -0.2) is 0 Å². The molecule has 2 aliphatic rings. The number of nitrogens with zero attached hydrogens (tertiary/aromatic N) is 1. The summed E-state index contributed by atoms with van der Waals surface area (Å²) in [6.45, 7) is 13.5. The molecule has 0 amide bonds. The predicted molar refractivity (Wildman–Crippen MR) is 88.0 cm³/mol. The van der Waals surface area contributed by atoms with Crippen molar-refractivity contribution in [3.8, 4) is 0 Å². The molecule has 2 unspecified atom stereocenters. The highest BCUT2D eigenvalue weighted by Crippen LogP contribution is 2.35. The molecular weight excluding hydrogens is 244 g/mol. The lowest BCUT2D eigenvalue weighted by atomic mass is 9.76. The van der Waals surface area contributed by atoms with Crippen LogP contribution in [0.1, 0.15) is 66.2 Å². The van der Waals surface area contributed by atoms with Crippen LogP contribution in [0.15, 0.2) is 0 Å². The molecule has 1 heterocycles. The van der Waals surface area contributed by atoms with E-state index in [1.807, 2.05) is 0 Å². The van der Waals surface area contributed by atoms with Gasteiger partial charge in [0.15, 0.2) is 0 Å². The fourth-order valence-electron chi connectivity index (χ4n) is 4.42. The summed E-state index contributed by atoms with van der Waals surface area (Å²) >= 11 is 0. The minimum atomic E-state index is 0.703. The maximum Gasteiger partial charge on any atom is 0.0129 e. The molecule has 0 aromatic rings. The summed E-state index contributed by atoms with van der Waals surface area (Å²) in [6, 6.07) is 1.55. The number of nitrogens with one attached hydrogen (secondary N) is 1. The molecule has 1 aliphatic carbocycles. The normalized spacial score (nSPS) is 29.6. The van der Waals surface area contributed by atoms with Crippen molar-refractivity contribution < 1.29 is 0 Å². The molecule has 0 radical (unpaired) electrons. The number of rotatable bonds is 5. The summed E-state index contributed by atoms with van der Waals surface area (Å²) in [4.78, 5) is 2.87. The standard InChI is InChI=1S/C18H36N2/c1-14(2)17-7-5-6-8-18(17)20(15(3)4)13-16-9-11-19-12-10-16/h14-19H,5-13H2,1-4H3. The minimum absolute atomic E-state index is 0.703. The van der Waals surface area contributed by atoms with Gasteiger partial charge in [0.2, 0.25) is 0 Å². The zero-order valence-electron chi connectivity index (χ0n) is 14.2. The second-order valence-corrected chi connectivity index (χ2v) is 7.74. The Labute approximate surface area is 126 Å².